The summed E-state index contributed by atoms with van der Waals surface area (Å²) in [6.07, 6.45) is 1.73. The van der Waals surface area contributed by atoms with Crippen LogP contribution in [0.2, 0.25) is 0 Å². The summed E-state index contributed by atoms with van der Waals surface area (Å²) in [5.41, 5.74) is 1.18. The van der Waals surface area contributed by atoms with E-state index in [9.17, 15) is 9.59 Å². The van der Waals surface area contributed by atoms with Crippen molar-refractivity contribution in [1.82, 2.24) is 4.57 Å². The minimum atomic E-state index is -0.189. The van der Waals surface area contributed by atoms with Crippen LogP contribution in [0.1, 0.15) is 26.3 Å². The molecule has 0 aliphatic heterocycles. The SMILES string of the molecule is CC(C)(C)SCC(=O)Nc1cccn(Cc2ccccc2)c1=O. The molecular weight excluding hydrogens is 308 g/mol. The van der Waals surface area contributed by atoms with E-state index in [1.165, 1.54) is 0 Å². The number of amides is 1. The van der Waals surface area contributed by atoms with Crippen molar-refractivity contribution in [2.75, 3.05) is 11.1 Å². The second-order valence-corrected chi connectivity index (χ2v) is 8.09. The summed E-state index contributed by atoms with van der Waals surface area (Å²) in [4.78, 5) is 24.5. The van der Waals surface area contributed by atoms with Gasteiger partial charge in [-0.1, -0.05) is 51.1 Å². The Morgan fingerprint density at radius 2 is 1.83 bits per heavy atom. The summed E-state index contributed by atoms with van der Waals surface area (Å²) in [5.74, 6) is 0.177. The van der Waals surface area contributed by atoms with E-state index < -0.39 is 0 Å². The van der Waals surface area contributed by atoms with Crippen LogP contribution in [0.25, 0.3) is 0 Å². The molecule has 0 aliphatic rings. The highest BCUT2D eigenvalue weighted by atomic mass is 32.2. The summed E-state index contributed by atoms with van der Waals surface area (Å²) >= 11 is 1.55. The highest BCUT2D eigenvalue weighted by Crippen LogP contribution is 2.22. The molecule has 1 amide bonds. The number of rotatable bonds is 5. The second kappa shape index (κ2) is 7.51. The average Bonchev–Trinajstić information content (AvgIpc) is 2.50. The number of pyridine rings is 1. The van der Waals surface area contributed by atoms with Crippen LogP contribution in [0, 0.1) is 0 Å². The fraction of sp³-hybridized carbons (Fsp3) is 0.333. The van der Waals surface area contributed by atoms with Gasteiger partial charge in [0, 0.05) is 10.9 Å². The van der Waals surface area contributed by atoms with E-state index in [0.29, 0.717) is 18.0 Å². The van der Waals surface area contributed by atoms with Crippen molar-refractivity contribution in [2.45, 2.75) is 32.1 Å². The first-order valence-corrected chi connectivity index (χ1v) is 8.51. The molecular formula is C18H22N2O2S. The minimum absolute atomic E-state index is 0.0154. The predicted octanol–water partition coefficient (Wildman–Crippen LogP) is 3.37. The van der Waals surface area contributed by atoms with Crippen molar-refractivity contribution < 1.29 is 4.79 Å². The Morgan fingerprint density at radius 1 is 1.13 bits per heavy atom. The lowest BCUT2D eigenvalue weighted by Crippen LogP contribution is -2.27. The fourth-order valence-corrected chi connectivity index (χ4v) is 2.64. The van der Waals surface area contributed by atoms with Gasteiger partial charge in [-0.3, -0.25) is 9.59 Å². The zero-order valence-electron chi connectivity index (χ0n) is 13.7. The van der Waals surface area contributed by atoms with Crippen molar-refractivity contribution in [3.8, 4) is 0 Å². The lowest BCUT2D eigenvalue weighted by atomic mass is 10.2. The third-order valence-corrected chi connectivity index (χ3v) is 4.40. The molecule has 5 heteroatoms. The molecule has 0 fully saturated rings. The first-order chi connectivity index (χ1) is 10.8. The van der Waals surface area contributed by atoms with E-state index in [-0.39, 0.29) is 16.2 Å². The van der Waals surface area contributed by atoms with E-state index in [4.69, 9.17) is 0 Å². The molecule has 0 unspecified atom stereocenters. The Bertz CT molecular complexity index is 718. The number of aromatic nitrogens is 1. The summed E-state index contributed by atoms with van der Waals surface area (Å²) in [6, 6.07) is 13.2. The first-order valence-electron chi connectivity index (χ1n) is 7.52. The number of benzene rings is 1. The van der Waals surface area contributed by atoms with Gasteiger partial charge in [0.1, 0.15) is 5.69 Å². The molecule has 2 aromatic rings. The number of nitrogens with one attached hydrogen (secondary N) is 1. The molecule has 0 radical (unpaired) electrons. The Labute approximate surface area is 140 Å². The molecule has 23 heavy (non-hydrogen) atoms. The van der Waals surface area contributed by atoms with E-state index in [0.717, 1.165) is 5.56 Å². The summed E-state index contributed by atoms with van der Waals surface area (Å²) < 4.78 is 1.61. The largest absolute Gasteiger partial charge is 0.321 e. The topological polar surface area (TPSA) is 51.1 Å². The van der Waals surface area contributed by atoms with Gasteiger partial charge in [0.05, 0.1) is 12.3 Å². The zero-order valence-corrected chi connectivity index (χ0v) is 14.5. The van der Waals surface area contributed by atoms with E-state index in [2.05, 4.69) is 26.1 Å². The van der Waals surface area contributed by atoms with Crippen molar-refractivity contribution in [1.29, 1.82) is 0 Å². The number of hydrogen-bond acceptors (Lipinski definition) is 3. The molecule has 4 nitrogen and oxygen atoms in total. The van der Waals surface area contributed by atoms with Crippen LogP contribution < -0.4 is 10.9 Å². The van der Waals surface area contributed by atoms with E-state index in [1.807, 2.05) is 30.3 Å². The Balaban J connectivity index is 2.08. The predicted molar refractivity (Wildman–Crippen MR) is 97.1 cm³/mol. The van der Waals surface area contributed by atoms with Gasteiger partial charge in [0.25, 0.3) is 5.56 Å². The molecule has 0 saturated heterocycles. The van der Waals surface area contributed by atoms with Crippen molar-refractivity contribution in [2.24, 2.45) is 0 Å². The number of hydrogen-bond donors (Lipinski definition) is 1. The standard InChI is InChI=1S/C18H22N2O2S/c1-18(2,3)23-13-16(21)19-15-10-7-11-20(17(15)22)12-14-8-5-4-6-9-14/h4-11H,12-13H2,1-3H3,(H,19,21). The summed E-state index contributed by atoms with van der Waals surface area (Å²) in [7, 11) is 0. The molecule has 0 atom stereocenters. The quantitative estimate of drug-likeness (QED) is 0.914. The van der Waals surface area contributed by atoms with Crippen LogP contribution in [0.5, 0.6) is 0 Å². The molecule has 1 aromatic heterocycles. The molecule has 1 heterocycles. The number of thioether (sulfide) groups is 1. The van der Waals surface area contributed by atoms with Crippen LogP contribution in [-0.4, -0.2) is 21.0 Å². The van der Waals surface area contributed by atoms with Crippen molar-refractivity contribution in [3.05, 3.63) is 64.6 Å². The van der Waals surface area contributed by atoms with Crippen molar-refractivity contribution in [3.63, 3.8) is 0 Å². The van der Waals surface area contributed by atoms with Crippen LogP contribution in [-0.2, 0) is 11.3 Å². The first kappa shape index (κ1) is 17.3. The Kier molecular flexibility index (Phi) is 5.66. The second-order valence-electron chi connectivity index (χ2n) is 6.29. The van der Waals surface area contributed by atoms with Gasteiger partial charge in [-0.2, -0.15) is 0 Å². The van der Waals surface area contributed by atoms with Gasteiger partial charge in [-0.05, 0) is 17.7 Å². The van der Waals surface area contributed by atoms with Gasteiger partial charge in [0.2, 0.25) is 5.91 Å². The molecule has 0 aliphatic carbocycles. The smallest absolute Gasteiger partial charge is 0.274 e. The lowest BCUT2D eigenvalue weighted by Gasteiger charge is -2.17. The van der Waals surface area contributed by atoms with E-state index in [1.54, 1.807) is 34.7 Å². The monoisotopic (exact) mass is 330 g/mol. The van der Waals surface area contributed by atoms with Gasteiger partial charge in [0.15, 0.2) is 0 Å². The van der Waals surface area contributed by atoms with Gasteiger partial charge < -0.3 is 9.88 Å². The molecule has 122 valence electrons. The maximum Gasteiger partial charge on any atom is 0.274 e. The minimum Gasteiger partial charge on any atom is -0.321 e. The van der Waals surface area contributed by atoms with Crippen LogP contribution in [0.3, 0.4) is 0 Å². The number of carbonyl (C=O) groups is 1. The molecule has 0 bridgehead atoms. The Morgan fingerprint density at radius 3 is 2.48 bits per heavy atom. The third kappa shape index (κ3) is 5.60. The van der Waals surface area contributed by atoms with Crippen LogP contribution >= 0.6 is 11.8 Å². The third-order valence-electron chi connectivity index (χ3n) is 3.13. The molecule has 0 spiro atoms. The fourth-order valence-electron chi connectivity index (χ4n) is 2.00. The number of nitrogens with zero attached hydrogens (tertiary/aromatic N) is 1. The Hall–Kier alpha value is -2.01. The highest BCUT2D eigenvalue weighted by molar-refractivity contribution is 8.01. The van der Waals surface area contributed by atoms with Gasteiger partial charge in [-0.25, -0.2) is 0 Å². The zero-order chi connectivity index (χ0) is 16.9. The molecule has 1 aromatic carbocycles. The van der Waals surface area contributed by atoms with Gasteiger partial charge >= 0.3 is 0 Å². The highest BCUT2D eigenvalue weighted by Gasteiger charge is 2.14. The molecule has 0 saturated carbocycles. The van der Waals surface area contributed by atoms with Crippen LogP contribution in [0.4, 0.5) is 5.69 Å². The van der Waals surface area contributed by atoms with Crippen LogP contribution in [0.15, 0.2) is 53.5 Å². The summed E-state index contributed by atoms with van der Waals surface area (Å²) in [5, 5.41) is 2.72. The molecule has 1 N–H and O–H groups in total. The van der Waals surface area contributed by atoms with Gasteiger partial charge in [-0.15, -0.1) is 11.8 Å². The maximum absolute atomic E-state index is 12.5. The normalized spacial score (nSPS) is 11.3. The number of anilines is 1. The van der Waals surface area contributed by atoms with E-state index >= 15 is 0 Å². The lowest BCUT2D eigenvalue weighted by molar-refractivity contribution is -0.113. The average molecular weight is 330 g/mol. The summed E-state index contributed by atoms with van der Waals surface area (Å²) in [6.45, 7) is 6.65. The number of carbonyl (C=O) groups excluding carboxylic acids is 1. The van der Waals surface area contributed by atoms with Crippen molar-refractivity contribution >= 4 is 23.4 Å². The molecule has 2 rings (SSSR count). The maximum atomic E-state index is 12.5.